The molecule has 0 unspecified atom stereocenters. The van der Waals surface area contributed by atoms with E-state index in [4.69, 9.17) is 0 Å². The Bertz CT molecular complexity index is 957. The largest absolute Gasteiger partial charge is 0.320 e. The number of rotatable bonds is 5. The molecule has 6 heteroatoms. The minimum absolute atomic E-state index is 0.160. The maximum atomic E-state index is 12.5. The van der Waals surface area contributed by atoms with E-state index in [-0.39, 0.29) is 23.9 Å². The highest BCUT2D eigenvalue weighted by molar-refractivity contribution is 7.14. The van der Waals surface area contributed by atoms with Gasteiger partial charge in [-0.2, -0.15) is 0 Å². The van der Waals surface area contributed by atoms with E-state index in [0.717, 1.165) is 27.9 Å². The fourth-order valence-corrected chi connectivity index (χ4v) is 3.64. The molecule has 1 heterocycles. The Morgan fingerprint density at radius 1 is 1.00 bits per heavy atom. The molecule has 27 heavy (non-hydrogen) atoms. The Morgan fingerprint density at radius 3 is 2.33 bits per heavy atom. The average molecular weight is 379 g/mol. The zero-order chi connectivity index (χ0) is 19.4. The van der Waals surface area contributed by atoms with Crippen LogP contribution in [0, 0.1) is 20.8 Å². The molecule has 3 aromatic rings. The van der Waals surface area contributed by atoms with Crippen molar-refractivity contribution < 1.29 is 9.59 Å². The predicted octanol–water partition coefficient (Wildman–Crippen LogP) is 4.50. The molecule has 0 aliphatic rings. The molecule has 0 fully saturated rings. The number of nitrogens with zero attached hydrogens (tertiary/aromatic N) is 1. The summed E-state index contributed by atoms with van der Waals surface area (Å²) in [4.78, 5) is 28.9. The molecule has 2 amide bonds. The summed E-state index contributed by atoms with van der Waals surface area (Å²) in [6.07, 6.45) is 0.268. The highest BCUT2D eigenvalue weighted by Crippen LogP contribution is 2.23. The van der Waals surface area contributed by atoms with Gasteiger partial charge in [0.05, 0.1) is 6.42 Å². The van der Waals surface area contributed by atoms with Crippen LogP contribution in [0.3, 0.4) is 0 Å². The Balaban J connectivity index is 1.65. The third-order valence-corrected chi connectivity index (χ3v) is 4.86. The molecule has 0 spiro atoms. The van der Waals surface area contributed by atoms with E-state index < -0.39 is 0 Å². The molecule has 0 bridgehead atoms. The van der Waals surface area contributed by atoms with E-state index in [1.807, 2.05) is 63.2 Å². The van der Waals surface area contributed by atoms with Gasteiger partial charge in [-0.1, -0.05) is 48.0 Å². The first-order valence-electron chi connectivity index (χ1n) is 8.61. The van der Waals surface area contributed by atoms with E-state index in [1.54, 1.807) is 5.38 Å². The number of aromatic nitrogens is 1. The summed E-state index contributed by atoms with van der Waals surface area (Å²) < 4.78 is 0. The van der Waals surface area contributed by atoms with Gasteiger partial charge in [0.1, 0.15) is 5.69 Å². The van der Waals surface area contributed by atoms with Crippen molar-refractivity contribution in [1.82, 2.24) is 4.98 Å². The van der Waals surface area contributed by atoms with Crippen molar-refractivity contribution in [2.75, 3.05) is 10.6 Å². The number of amides is 2. The smallest absolute Gasteiger partial charge is 0.275 e. The van der Waals surface area contributed by atoms with Crippen LogP contribution in [-0.2, 0) is 11.2 Å². The van der Waals surface area contributed by atoms with E-state index in [1.165, 1.54) is 11.3 Å². The molecule has 0 radical (unpaired) electrons. The van der Waals surface area contributed by atoms with Crippen LogP contribution in [-0.4, -0.2) is 16.8 Å². The lowest BCUT2D eigenvalue weighted by molar-refractivity contribution is -0.115. The number of hydrogen-bond donors (Lipinski definition) is 2. The molecule has 2 aromatic carbocycles. The number of nitrogens with one attached hydrogen (secondary N) is 2. The SMILES string of the molecule is Cc1cc(C)c(NC(=O)c2csc(NC(=O)Cc3ccccc3)n2)c(C)c1. The van der Waals surface area contributed by atoms with Gasteiger partial charge in [0.25, 0.3) is 5.91 Å². The van der Waals surface area contributed by atoms with Crippen molar-refractivity contribution in [2.24, 2.45) is 0 Å². The van der Waals surface area contributed by atoms with Crippen molar-refractivity contribution in [3.63, 3.8) is 0 Å². The number of benzene rings is 2. The van der Waals surface area contributed by atoms with Crippen LogP contribution in [0.2, 0.25) is 0 Å². The van der Waals surface area contributed by atoms with E-state index >= 15 is 0 Å². The lowest BCUT2D eigenvalue weighted by Gasteiger charge is -2.11. The highest BCUT2D eigenvalue weighted by Gasteiger charge is 2.15. The van der Waals surface area contributed by atoms with Gasteiger partial charge < -0.3 is 10.6 Å². The number of carbonyl (C=O) groups excluding carboxylic acids is 2. The second kappa shape index (κ2) is 8.14. The zero-order valence-corrected chi connectivity index (χ0v) is 16.3. The van der Waals surface area contributed by atoms with Gasteiger partial charge >= 0.3 is 0 Å². The van der Waals surface area contributed by atoms with E-state index in [2.05, 4.69) is 15.6 Å². The van der Waals surface area contributed by atoms with Gasteiger partial charge in [-0.25, -0.2) is 4.98 Å². The molecular formula is C21H21N3O2S. The summed E-state index contributed by atoms with van der Waals surface area (Å²) in [6, 6.07) is 13.5. The molecule has 0 aliphatic carbocycles. The van der Waals surface area contributed by atoms with Gasteiger partial charge in [0.2, 0.25) is 5.91 Å². The fourth-order valence-electron chi connectivity index (χ4n) is 2.93. The van der Waals surface area contributed by atoms with E-state index in [0.29, 0.717) is 5.13 Å². The van der Waals surface area contributed by atoms with Crippen LogP contribution < -0.4 is 10.6 Å². The average Bonchev–Trinajstić information content (AvgIpc) is 3.07. The van der Waals surface area contributed by atoms with Crippen molar-refractivity contribution in [3.05, 3.63) is 75.8 Å². The summed E-state index contributed by atoms with van der Waals surface area (Å²) >= 11 is 1.23. The monoisotopic (exact) mass is 379 g/mol. The Hall–Kier alpha value is -2.99. The van der Waals surface area contributed by atoms with Crippen molar-refractivity contribution in [1.29, 1.82) is 0 Å². The molecule has 5 nitrogen and oxygen atoms in total. The van der Waals surface area contributed by atoms with Gasteiger partial charge in [0.15, 0.2) is 5.13 Å². The molecular weight excluding hydrogens is 358 g/mol. The Kier molecular flexibility index (Phi) is 5.66. The van der Waals surface area contributed by atoms with Crippen LogP contribution >= 0.6 is 11.3 Å². The number of thiazole rings is 1. The van der Waals surface area contributed by atoms with Gasteiger partial charge in [0, 0.05) is 11.1 Å². The summed E-state index contributed by atoms with van der Waals surface area (Å²) in [5.41, 5.74) is 5.18. The molecule has 0 saturated carbocycles. The number of hydrogen-bond acceptors (Lipinski definition) is 4. The second-order valence-corrected chi connectivity index (χ2v) is 7.33. The maximum absolute atomic E-state index is 12.5. The highest BCUT2D eigenvalue weighted by atomic mass is 32.1. The second-order valence-electron chi connectivity index (χ2n) is 6.48. The van der Waals surface area contributed by atoms with Crippen molar-refractivity contribution >= 4 is 34.0 Å². The summed E-state index contributed by atoms with van der Waals surface area (Å²) in [6.45, 7) is 5.95. The standard InChI is InChI=1S/C21H21N3O2S/c1-13-9-14(2)19(15(3)10-13)24-20(26)17-12-27-21(22-17)23-18(25)11-16-7-5-4-6-8-16/h4-10,12H,11H2,1-3H3,(H,24,26)(H,22,23,25). The quantitative estimate of drug-likeness (QED) is 0.685. The first-order chi connectivity index (χ1) is 12.9. The third kappa shape index (κ3) is 4.80. The lowest BCUT2D eigenvalue weighted by Crippen LogP contribution is -2.16. The van der Waals surface area contributed by atoms with Gasteiger partial charge in [-0.15, -0.1) is 11.3 Å². The molecule has 0 saturated heterocycles. The normalized spacial score (nSPS) is 10.5. The van der Waals surface area contributed by atoms with Gasteiger partial charge in [-0.05, 0) is 37.5 Å². The molecule has 0 aliphatic heterocycles. The zero-order valence-electron chi connectivity index (χ0n) is 15.5. The maximum Gasteiger partial charge on any atom is 0.275 e. The topological polar surface area (TPSA) is 71.1 Å². The minimum Gasteiger partial charge on any atom is -0.320 e. The van der Waals surface area contributed by atoms with E-state index in [9.17, 15) is 9.59 Å². The summed E-state index contributed by atoms with van der Waals surface area (Å²) in [5.74, 6) is -0.447. The van der Waals surface area contributed by atoms with Gasteiger partial charge in [-0.3, -0.25) is 9.59 Å². The first-order valence-corrected chi connectivity index (χ1v) is 9.49. The Labute approximate surface area is 162 Å². The molecule has 1 aromatic heterocycles. The number of anilines is 2. The van der Waals surface area contributed by atoms with Crippen molar-refractivity contribution in [2.45, 2.75) is 27.2 Å². The van der Waals surface area contributed by atoms with Crippen LogP contribution in [0.1, 0.15) is 32.7 Å². The molecule has 0 atom stereocenters. The lowest BCUT2D eigenvalue weighted by atomic mass is 10.1. The number of carbonyl (C=O) groups is 2. The van der Waals surface area contributed by atoms with Crippen LogP contribution in [0.15, 0.2) is 47.8 Å². The van der Waals surface area contributed by atoms with Crippen molar-refractivity contribution in [3.8, 4) is 0 Å². The van der Waals surface area contributed by atoms with Crippen LogP contribution in [0.4, 0.5) is 10.8 Å². The fraction of sp³-hybridized carbons (Fsp3) is 0.190. The molecule has 3 rings (SSSR count). The number of aryl methyl sites for hydroxylation is 3. The summed E-state index contributed by atoms with van der Waals surface area (Å²) in [5, 5.41) is 7.73. The first kappa shape index (κ1) is 18.8. The summed E-state index contributed by atoms with van der Waals surface area (Å²) in [7, 11) is 0. The molecule has 2 N–H and O–H groups in total. The van der Waals surface area contributed by atoms with Crippen LogP contribution in [0.25, 0.3) is 0 Å². The minimum atomic E-state index is -0.287. The molecule has 138 valence electrons. The predicted molar refractivity (Wildman–Crippen MR) is 109 cm³/mol. The van der Waals surface area contributed by atoms with Crippen LogP contribution in [0.5, 0.6) is 0 Å². The third-order valence-electron chi connectivity index (χ3n) is 4.11. The Morgan fingerprint density at radius 2 is 1.67 bits per heavy atom.